The Hall–Kier alpha value is -3.45. The minimum atomic E-state index is -0.750. The highest BCUT2D eigenvalue weighted by Crippen LogP contribution is 2.48. The van der Waals surface area contributed by atoms with Crippen LogP contribution >= 0.6 is 0 Å². The lowest BCUT2D eigenvalue weighted by Crippen LogP contribution is -2.37. The smallest absolute Gasteiger partial charge is 0.306 e. The molecule has 6 nitrogen and oxygen atoms in total. The molecule has 2 aliphatic heterocycles. The minimum absolute atomic E-state index is 0.00118. The van der Waals surface area contributed by atoms with Crippen LogP contribution in [0.4, 0.5) is 4.39 Å². The zero-order valence-electron chi connectivity index (χ0n) is 25.0. The zero-order valence-corrected chi connectivity index (χ0v) is 25.0. The number of fused-ring (bicyclic) bond motifs is 1. The molecule has 3 aromatic rings. The lowest BCUT2D eigenvalue weighted by Gasteiger charge is -2.33. The normalized spacial score (nSPS) is 21.3. The summed E-state index contributed by atoms with van der Waals surface area (Å²) in [5.41, 5.74) is 5.74. The van der Waals surface area contributed by atoms with Crippen LogP contribution < -0.4 is 9.47 Å². The summed E-state index contributed by atoms with van der Waals surface area (Å²) in [6.45, 7) is 8.09. The first kappa shape index (κ1) is 28.7. The van der Waals surface area contributed by atoms with Gasteiger partial charge in [0.05, 0.1) is 19.2 Å². The number of ether oxygens (including phenoxy) is 2. The number of hydrogen-bond acceptors (Lipinski definition) is 5. The van der Waals surface area contributed by atoms with E-state index in [4.69, 9.17) is 9.47 Å². The first-order valence-corrected chi connectivity index (χ1v) is 15.2. The van der Waals surface area contributed by atoms with Gasteiger partial charge < -0.3 is 14.6 Å². The molecule has 0 unspecified atom stereocenters. The maximum Gasteiger partial charge on any atom is 0.306 e. The van der Waals surface area contributed by atoms with Gasteiger partial charge >= 0.3 is 5.97 Å². The van der Waals surface area contributed by atoms with Crippen LogP contribution in [-0.4, -0.2) is 40.2 Å². The number of aryl methyl sites for hydroxylation is 1. The number of aromatic nitrogens is 1. The highest BCUT2D eigenvalue weighted by Gasteiger charge is 2.39. The number of nitrogens with zero attached hydrogens (tertiary/aromatic N) is 2. The number of aliphatic carboxylic acids is 1. The largest absolute Gasteiger partial charge is 0.485 e. The van der Waals surface area contributed by atoms with Crippen molar-refractivity contribution in [3.8, 4) is 22.8 Å². The fourth-order valence-corrected chi connectivity index (χ4v) is 7.01. The molecule has 0 spiro atoms. The highest BCUT2D eigenvalue weighted by molar-refractivity contribution is 5.71. The van der Waals surface area contributed by atoms with Gasteiger partial charge in [0.1, 0.15) is 17.7 Å². The van der Waals surface area contributed by atoms with Crippen molar-refractivity contribution in [2.45, 2.75) is 83.4 Å². The molecule has 2 aromatic carbocycles. The Morgan fingerprint density at radius 2 is 1.98 bits per heavy atom. The predicted molar refractivity (Wildman–Crippen MR) is 160 cm³/mol. The van der Waals surface area contributed by atoms with Crippen molar-refractivity contribution >= 4 is 5.97 Å². The van der Waals surface area contributed by atoms with Crippen molar-refractivity contribution in [2.75, 3.05) is 13.7 Å². The molecule has 42 heavy (non-hydrogen) atoms. The summed E-state index contributed by atoms with van der Waals surface area (Å²) in [5, 5.41) is 9.76. The number of pyridine rings is 1. The van der Waals surface area contributed by atoms with Crippen molar-refractivity contribution in [3.05, 3.63) is 76.7 Å². The van der Waals surface area contributed by atoms with Gasteiger partial charge in [0.2, 0.25) is 5.88 Å². The molecule has 3 heterocycles. The molecule has 1 N–H and O–H groups in total. The number of hydrogen-bond donors (Lipinski definition) is 1. The van der Waals surface area contributed by atoms with Crippen LogP contribution in [0.5, 0.6) is 11.6 Å². The predicted octanol–water partition coefficient (Wildman–Crippen LogP) is 7.55. The van der Waals surface area contributed by atoms with Gasteiger partial charge in [-0.2, -0.15) is 0 Å². The van der Waals surface area contributed by atoms with E-state index in [0.29, 0.717) is 23.9 Å². The van der Waals surface area contributed by atoms with E-state index in [2.05, 4.69) is 54.1 Å². The molecule has 1 aromatic heterocycles. The van der Waals surface area contributed by atoms with Gasteiger partial charge in [0.25, 0.3) is 0 Å². The average molecular weight is 573 g/mol. The second kappa shape index (κ2) is 11.3. The molecule has 1 saturated carbocycles. The standard InChI is InChI=1S/C35H41FN2O4/c1-21(34(39)40)33(23-7-8-23)25-9-6-22-11-13-30(42-31(22)17-25)24-10-12-27(28-18-32(41-4)37-19-29(28)36)26(16-24)20-38-15-5-14-35(38,2)3/h6,9-10,12,16-19,21,23,30,33H,5,7-8,11,13-15,20H2,1-4H3,(H,39,40)/t21-,30+,33-/m0/s1. The molecule has 0 radical (unpaired) electrons. The monoisotopic (exact) mass is 572 g/mol. The Morgan fingerprint density at radius 3 is 2.67 bits per heavy atom. The topological polar surface area (TPSA) is 71.9 Å². The number of carbonyl (C=O) groups is 1. The molecule has 1 aliphatic carbocycles. The van der Waals surface area contributed by atoms with E-state index in [-0.39, 0.29) is 23.4 Å². The molecule has 222 valence electrons. The van der Waals surface area contributed by atoms with Crippen molar-refractivity contribution in [1.82, 2.24) is 9.88 Å². The van der Waals surface area contributed by atoms with E-state index in [1.165, 1.54) is 6.20 Å². The summed E-state index contributed by atoms with van der Waals surface area (Å²) in [6, 6.07) is 14.2. The SMILES string of the molecule is COc1cc(-c2ccc([C@H]3CCc4ccc([C@H](C5CC5)[C@H](C)C(=O)O)cc4O3)cc2CN2CCCC2(C)C)c(F)cn1. The van der Waals surface area contributed by atoms with Gasteiger partial charge in [-0.1, -0.05) is 37.3 Å². The summed E-state index contributed by atoms with van der Waals surface area (Å²) in [7, 11) is 1.54. The maximum absolute atomic E-state index is 15.1. The fraction of sp³-hybridized carbons (Fsp3) is 0.486. The van der Waals surface area contributed by atoms with E-state index in [0.717, 1.165) is 78.6 Å². The van der Waals surface area contributed by atoms with Crippen molar-refractivity contribution < 1.29 is 23.8 Å². The van der Waals surface area contributed by atoms with Gasteiger partial charge in [0.15, 0.2) is 0 Å². The van der Waals surface area contributed by atoms with Crippen LogP contribution in [0, 0.1) is 17.7 Å². The number of carboxylic acid groups (broad SMARTS) is 1. The Bertz CT molecular complexity index is 1480. The first-order chi connectivity index (χ1) is 20.1. The summed E-state index contributed by atoms with van der Waals surface area (Å²) in [6.07, 6.45) is 7.25. The molecule has 2 fully saturated rings. The zero-order chi connectivity index (χ0) is 29.6. The third kappa shape index (κ3) is 5.63. The van der Waals surface area contributed by atoms with Crippen molar-refractivity contribution in [2.24, 2.45) is 11.8 Å². The van der Waals surface area contributed by atoms with Gasteiger partial charge in [0, 0.05) is 23.7 Å². The van der Waals surface area contributed by atoms with Crippen LogP contribution in [0.2, 0.25) is 0 Å². The molecular weight excluding hydrogens is 531 g/mol. The first-order valence-electron chi connectivity index (χ1n) is 15.2. The Labute approximate surface area is 247 Å². The summed E-state index contributed by atoms with van der Waals surface area (Å²) < 4.78 is 27.1. The van der Waals surface area contributed by atoms with E-state index in [9.17, 15) is 9.90 Å². The fourth-order valence-electron chi connectivity index (χ4n) is 7.01. The van der Waals surface area contributed by atoms with Gasteiger partial charge in [-0.15, -0.1) is 0 Å². The summed E-state index contributed by atoms with van der Waals surface area (Å²) in [4.78, 5) is 18.4. The second-order valence-corrected chi connectivity index (χ2v) is 13.0. The molecule has 0 bridgehead atoms. The number of halogens is 1. The molecule has 6 rings (SSSR count). The van der Waals surface area contributed by atoms with Crippen LogP contribution in [0.3, 0.4) is 0 Å². The van der Waals surface area contributed by atoms with Crippen molar-refractivity contribution in [1.29, 1.82) is 0 Å². The highest BCUT2D eigenvalue weighted by atomic mass is 19.1. The van der Waals surface area contributed by atoms with Gasteiger partial charge in [-0.3, -0.25) is 9.69 Å². The van der Waals surface area contributed by atoms with Gasteiger partial charge in [-0.25, -0.2) is 9.37 Å². The Balaban J connectivity index is 1.33. The molecule has 3 atom stereocenters. The van der Waals surface area contributed by atoms with Gasteiger partial charge in [-0.05, 0) is 105 Å². The van der Waals surface area contributed by atoms with Crippen molar-refractivity contribution in [3.63, 3.8) is 0 Å². The number of benzene rings is 2. The van der Waals surface area contributed by atoms with Crippen LogP contribution in [-0.2, 0) is 17.8 Å². The molecule has 0 amide bonds. The van der Waals surface area contributed by atoms with E-state index >= 15 is 4.39 Å². The Morgan fingerprint density at radius 1 is 1.17 bits per heavy atom. The van der Waals surface area contributed by atoms with Crippen LogP contribution in [0.25, 0.3) is 11.1 Å². The van der Waals surface area contributed by atoms with E-state index in [1.54, 1.807) is 13.2 Å². The third-order valence-corrected chi connectivity index (χ3v) is 9.74. The maximum atomic E-state index is 15.1. The lowest BCUT2D eigenvalue weighted by atomic mass is 9.82. The molecule has 3 aliphatic rings. The van der Waals surface area contributed by atoms with E-state index in [1.807, 2.05) is 13.0 Å². The average Bonchev–Trinajstić information content (AvgIpc) is 3.76. The lowest BCUT2D eigenvalue weighted by molar-refractivity contribution is -0.142. The summed E-state index contributed by atoms with van der Waals surface area (Å²) >= 11 is 0. The second-order valence-electron chi connectivity index (χ2n) is 13.0. The molecule has 7 heteroatoms. The quantitative estimate of drug-likeness (QED) is 0.285. The Kier molecular flexibility index (Phi) is 7.73. The molecule has 1 saturated heterocycles. The van der Waals surface area contributed by atoms with Crippen LogP contribution in [0.1, 0.15) is 87.2 Å². The minimum Gasteiger partial charge on any atom is -0.485 e. The molecular formula is C35H41FN2O4. The third-order valence-electron chi connectivity index (χ3n) is 9.74. The van der Waals surface area contributed by atoms with Crippen LogP contribution in [0.15, 0.2) is 48.7 Å². The number of methoxy groups -OCH3 is 1. The van der Waals surface area contributed by atoms with E-state index < -0.39 is 11.9 Å². The summed E-state index contributed by atoms with van der Waals surface area (Å²) in [5.74, 6) is 0.0921. The number of likely N-dealkylation sites (tertiary alicyclic amines) is 1. The number of rotatable bonds is 9. The number of carboxylic acids is 1.